The van der Waals surface area contributed by atoms with Gasteiger partial charge in [0.2, 0.25) is 0 Å². The molecule has 0 spiro atoms. The molecule has 1 N–H and O–H groups in total. The van der Waals surface area contributed by atoms with Crippen LogP contribution >= 0.6 is 0 Å². The van der Waals surface area contributed by atoms with E-state index < -0.39 is 0 Å². The number of allylic oxidation sites excluding steroid dienone is 1. The molecular weight excluding hydrogens is 162 g/mol. The summed E-state index contributed by atoms with van der Waals surface area (Å²) in [7, 11) is 2.07. The minimum atomic E-state index is 0.588. The normalized spacial score (nSPS) is 30.5. The van der Waals surface area contributed by atoms with Crippen LogP contribution in [-0.2, 0) is 4.74 Å². The highest BCUT2D eigenvalue weighted by molar-refractivity contribution is 5.16. The van der Waals surface area contributed by atoms with Gasteiger partial charge in [-0.05, 0) is 32.7 Å². The summed E-state index contributed by atoms with van der Waals surface area (Å²) in [6, 6.07) is 0.588. The molecule has 0 amide bonds. The fourth-order valence-corrected chi connectivity index (χ4v) is 2.52. The third-order valence-corrected chi connectivity index (χ3v) is 3.22. The fraction of sp³-hybridized carbons (Fsp3) is 0.818. The van der Waals surface area contributed by atoms with Crippen LogP contribution in [0.2, 0.25) is 0 Å². The van der Waals surface area contributed by atoms with E-state index in [0.29, 0.717) is 12.0 Å². The Morgan fingerprint density at radius 1 is 1.62 bits per heavy atom. The maximum absolute atomic E-state index is 5.43. The molecule has 2 unspecified atom stereocenters. The third-order valence-electron chi connectivity index (χ3n) is 3.22. The average molecular weight is 181 g/mol. The van der Waals surface area contributed by atoms with Gasteiger partial charge in [-0.1, -0.05) is 11.6 Å². The molecule has 13 heavy (non-hydrogen) atoms. The van der Waals surface area contributed by atoms with Crippen LogP contribution in [0.1, 0.15) is 25.7 Å². The molecule has 0 aromatic heterocycles. The first-order valence-electron chi connectivity index (χ1n) is 5.36. The van der Waals surface area contributed by atoms with Crippen molar-refractivity contribution in [2.75, 3.05) is 20.3 Å². The highest BCUT2D eigenvalue weighted by Crippen LogP contribution is 2.28. The van der Waals surface area contributed by atoms with Crippen LogP contribution in [0.15, 0.2) is 11.6 Å². The molecule has 1 aliphatic heterocycles. The van der Waals surface area contributed by atoms with Gasteiger partial charge in [0.05, 0.1) is 6.61 Å². The molecule has 2 atom stereocenters. The van der Waals surface area contributed by atoms with Crippen LogP contribution in [0.5, 0.6) is 0 Å². The van der Waals surface area contributed by atoms with Gasteiger partial charge in [0.15, 0.2) is 0 Å². The molecule has 0 aromatic carbocycles. The summed E-state index contributed by atoms with van der Waals surface area (Å²) in [4.78, 5) is 0. The van der Waals surface area contributed by atoms with E-state index in [9.17, 15) is 0 Å². The monoisotopic (exact) mass is 181 g/mol. The quantitative estimate of drug-likeness (QED) is 0.669. The number of hydrogen-bond donors (Lipinski definition) is 1. The molecule has 1 heterocycles. The summed E-state index contributed by atoms with van der Waals surface area (Å²) >= 11 is 0. The van der Waals surface area contributed by atoms with Crippen LogP contribution in [0.3, 0.4) is 0 Å². The number of rotatable bonds is 3. The number of hydrogen-bond acceptors (Lipinski definition) is 2. The first-order chi connectivity index (χ1) is 6.42. The summed E-state index contributed by atoms with van der Waals surface area (Å²) in [5, 5.41) is 3.44. The summed E-state index contributed by atoms with van der Waals surface area (Å²) in [5.74, 6) is 0.717. The molecule has 0 saturated carbocycles. The average Bonchev–Trinajstić information content (AvgIpc) is 2.76. The van der Waals surface area contributed by atoms with E-state index in [1.165, 1.54) is 25.7 Å². The van der Waals surface area contributed by atoms with Crippen molar-refractivity contribution in [3.05, 3.63) is 11.6 Å². The van der Waals surface area contributed by atoms with Crippen LogP contribution in [0.25, 0.3) is 0 Å². The van der Waals surface area contributed by atoms with Gasteiger partial charge in [-0.25, -0.2) is 0 Å². The minimum Gasteiger partial charge on any atom is -0.381 e. The number of nitrogens with one attached hydrogen (secondary N) is 1. The lowest BCUT2D eigenvalue weighted by Crippen LogP contribution is -2.35. The molecule has 2 rings (SSSR count). The maximum Gasteiger partial charge on any atom is 0.0513 e. The molecule has 0 bridgehead atoms. The summed E-state index contributed by atoms with van der Waals surface area (Å²) in [6.45, 7) is 1.90. The summed E-state index contributed by atoms with van der Waals surface area (Å²) < 4.78 is 5.43. The summed E-state index contributed by atoms with van der Waals surface area (Å²) in [5.41, 5.74) is 1.62. The van der Waals surface area contributed by atoms with Crippen molar-refractivity contribution in [1.82, 2.24) is 5.32 Å². The van der Waals surface area contributed by atoms with Crippen LogP contribution < -0.4 is 5.32 Å². The zero-order valence-electron chi connectivity index (χ0n) is 8.38. The van der Waals surface area contributed by atoms with Crippen LogP contribution in [0.4, 0.5) is 0 Å². The largest absolute Gasteiger partial charge is 0.381 e. The lowest BCUT2D eigenvalue weighted by atomic mass is 9.92. The van der Waals surface area contributed by atoms with Gasteiger partial charge in [-0.2, -0.15) is 0 Å². The Balaban J connectivity index is 1.98. The number of likely N-dealkylation sites (N-methyl/N-ethyl adjacent to an activating group) is 1. The van der Waals surface area contributed by atoms with Crippen LogP contribution in [0, 0.1) is 5.92 Å². The zero-order chi connectivity index (χ0) is 9.10. The standard InChI is InChI=1S/C11H19NO/c1-12-11(9-4-2-3-5-9)10-6-7-13-8-10/h4,10-12H,2-3,5-8H2,1H3. The molecule has 0 radical (unpaired) electrons. The predicted octanol–water partition coefficient (Wildman–Crippen LogP) is 1.72. The van der Waals surface area contributed by atoms with E-state index in [2.05, 4.69) is 18.4 Å². The molecule has 74 valence electrons. The van der Waals surface area contributed by atoms with Crippen molar-refractivity contribution in [1.29, 1.82) is 0 Å². The Labute approximate surface area is 80.4 Å². The predicted molar refractivity (Wildman–Crippen MR) is 53.7 cm³/mol. The molecule has 2 nitrogen and oxygen atoms in total. The molecule has 1 fully saturated rings. The van der Waals surface area contributed by atoms with Crippen molar-refractivity contribution in [3.8, 4) is 0 Å². The molecule has 2 heteroatoms. The minimum absolute atomic E-state index is 0.588. The van der Waals surface area contributed by atoms with Gasteiger partial charge in [0.1, 0.15) is 0 Å². The molecular formula is C11H19NO. The van der Waals surface area contributed by atoms with Crippen molar-refractivity contribution in [2.24, 2.45) is 5.92 Å². The second kappa shape index (κ2) is 4.25. The van der Waals surface area contributed by atoms with Gasteiger partial charge >= 0.3 is 0 Å². The van der Waals surface area contributed by atoms with E-state index in [-0.39, 0.29) is 0 Å². The molecule has 2 aliphatic rings. The smallest absolute Gasteiger partial charge is 0.0513 e. The summed E-state index contributed by atoms with van der Waals surface area (Å²) in [6.07, 6.45) is 7.56. The second-order valence-corrected chi connectivity index (χ2v) is 4.06. The second-order valence-electron chi connectivity index (χ2n) is 4.06. The fourth-order valence-electron chi connectivity index (χ4n) is 2.52. The highest BCUT2D eigenvalue weighted by Gasteiger charge is 2.27. The Morgan fingerprint density at radius 3 is 3.08 bits per heavy atom. The van der Waals surface area contributed by atoms with Crippen molar-refractivity contribution in [3.63, 3.8) is 0 Å². The van der Waals surface area contributed by atoms with E-state index in [4.69, 9.17) is 4.74 Å². The molecule has 1 saturated heterocycles. The van der Waals surface area contributed by atoms with E-state index >= 15 is 0 Å². The Kier molecular flexibility index (Phi) is 3.01. The Morgan fingerprint density at radius 2 is 2.54 bits per heavy atom. The van der Waals surface area contributed by atoms with Gasteiger partial charge in [0, 0.05) is 18.6 Å². The van der Waals surface area contributed by atoms with Gasteiger partial charge in [-0.3, -0.25) is 0 Å². The molecule has 1 aliphatic carbocycles. The lowest BCUT2D eigenvalue weighted by Gasteiger charge is -2.23. The third kappa shape index (κ3) is 1.94. The van der Waals surface area contributed by atoms with Gasteiger partial charge < -0.3 is 10.1 Å². The van der Waals surface area contributed by atoms with E-state index in [0.717, 1.165) is 13.2 Å². The zero-order valence-corrected chi connectivity index (χ0v) is 8.38. The topological polar surface area (TPSA) is 21.3 Å². The van der Waals surface area contributed by atoms with Crippen molar-refractivity contribution < 1.29 is 4.74 Å². The van der Waals surface area contributed by atoms with Gasteiger partial charge in [-0.15, -0.1) is 0 Å². The highest BCUT2D eigenvalue weighted by atomic mass is 16.5. The van der Waals surface area contributed by atoms with E-state index in [1.807, 2.05) is 0 Å². The Hall–Kier alpha value is -0.340. The van der Waals surface area contributed by atoms with Crippen molar-refractivity contribution >= 4 is 0 Å². The van der Waals surface area contributed by atoms with E-state index in [1.54, 1.807) is 5.57 Å². The SMILES string of the molecule is CNC(C1=CCCC1)C1CCOC1. The van der Waals surface area contributed by atoms with Crippen molar-refractivity contribution in [2.45, 2.75) is 31.7 Å². The Bertz CT molecular complexity index is 194. The lowest BCUT2D eigenvalue weighted by molar-refractivity contribution is 0.180. The molecule has 0 aromatic rings. The van der Waals surface area contributed by atoms with Crippen LogP contribution in [-0.4, -0.2) is 26.3 Å². The first-order valence-corrected chi connectivity index (χ1v) is 5.36. The van der Waals surface area contributed by atoms with Gasteiger partial charge in [0.25, 0.3) is 0 Å². The number of ether oxygens (including phenoxy) is 1. The first kappa shape index (κ1) is 9.22. The maximum atomic E-state index is 5.43.